The number of likely N-dealkylation sites (tertiary alicyclic amines) is 1. The number of nitrogens with one attached hydrogen (secondary N) is 2. The number of benzene rings is 1. The van der Waals surface area contributed by atoms with Crippen molar-refractivity contribution < 1.29 is 9.59 Å². The van der Waals surface area contributed by atoms with Crippen molar-refractivity contribution in [2.45, 2.75) is 39.2 Å². The van der Waals surface area contributed by atoms with Crippen LogP contribution in [0.2, 0.25) is 0 Å². The number of piperidine rings is 1. The van der Waals surface area contributed by atoms with E-state index in [0.29, 0.717) is 30.7 Å². The number of hydrogen-bond donors (Lipinski definition) is 2. The Balaban J connectivity index is 1.48. The average Bonchev–Trinajstić information content (AvgIpc) is 3.08. The number of hydrogen-bond acceptors (Lipinski definition) is 4. The van der Waals surface area contributed by atoms with Gasteiger partial charge in [-0.25, -0.2) is 0 Å². The average molecular weight is 402 g/mol. The van der Waals surface area contributed by atoms with Gasteiger partial charge in [0.25, 0.3) is 0 Å². The Labute approximate surface area is 170 Å². The standard InChI is InChI=1S/C20H27N5O2S/c1-2-25-17(22-23-20(25)28)10-11-21-19(27)16-9-6-12-24(14-16)18(26)13-15-7-4-3-5-8-15/h3-5,7-8,16H,2,6,9-14H2,1H3,(H,21,27)(H,23,28). The van der Waals surface area contributed by atoms with Crippen molar-refractivity contribution in [3.8, 4) is 0 Å². The number of carbonyl (C=O) groups is 2. The van der Waals surface area contributed by atoms with Gasteiger partial charge in [-0.05, 0) is 37.5 Å². The highest BCUT2D eigenvalue weighted by atomic mass is 32.1. The second-order valence-electron chi connectivity index (χ2n) is 7.07. The van der Waals surface area contributed by atoms with Crippen LogP contribution in [-0.4, -0.2) is 51.1 Å². The molecular formula is C20H27N5O2S. The molecule has 1 aliphatic rings. The first-order valence-corrected chi connectivity index (χ1v) is 10.2. The number of rotatable bonds is 7. The zero-order valence-electron chi connectivity index (χ0n) is 16.2. The van der Waals surface area contributed by atoms with Crippen molar-refractivity contribution in [3.63, 3.8) is 0 Å². The lowest BCUT2D eigenvalue weighted by atomic mass is 9.96. The third-order valence-corrected chi connectivity index (χ3v) is 5.46. The fourth-order valence-electron chi connectivity index (χ4n) is 3.61. The zero-order chi connectivity index (χ0) is 19.9. The van der Waals surface area contributed by atoms with Gasteiger partial charge in [-0.1, -0.05) is 30.3 Å². The Bertz CT molecular complexity index is 861. The molecule has 28 heavy (non-hydrogen) atoms. The van der Waals surface area contributed by atoms with Crippen LogP contribution in [0.4, 0.5) is 0 Å². The lowest BCUT2D eigenvalue weighted by molar-refractivity contribution is -0.135. The number of aromatic amines is 1. The first-order valence-electron chi connectivity index (χ1n) is 9.82. The minimum atomic E-state index is -0.152. The van der Waals surface area contributed by atoms with E-state index in [4.69, 9.17) is 12.2 Å². The van der Waals surface area contributed by atoms with Gasteiger partial charge in [0.1, 0.15) is 5.82 Å². The summed E-state index contributed by atoms with van der Waals surface area (Å²) in [5.74, 6) is 0.785. The predicted molar refractivity (Wildman–Crippen MR) is 109 cm³/mol. The molecule has 0 radical (unpaired) electrons. The summed E-state index contributed by atoms with van der Waals surface area (Å²) >= 11 is 5.18. The number of H-pyrrole nitrogens is 1. The van der Waals surface area contributed by atoms with Gasteiger partial charge in [0.2, 0.25) is 11.8 Å². The van der Waals surface area contributed by atoms with Crippen molar-refractivity contribution in [1.29, 1.82) is 0 Å². The van der Waals surface area contributed by atoms with Gasteiger partial charge in [-0.3, -0.25) is 14.7 Å². The SMILES string of the molecule is CCn1c(CCNC(=O)C2CCCN(C(=O)Cc3ccccc3)C2)n[nH]c1=S. The van der Waals surface area contributed by atoms with Crippen molar-refractivity contribution in [1.82, 2.24) is 25.0 Å². The molecule has 0 saturated carbocycles. The summed E-state index contributed by atoms with van der Waals surface area (Å²) in [6.07, 6.45) is 2.67. The first kappa shape index (κ1) is 20.3. The quantitative estimate of drug-likeness (QED) is 0.696. The lowest BCUT2D eigenvalue weighted by Gasteiger charge is -2.32. The van der Waals surface area contributed by atoms with Gasteiger partial charge in [0.15, 0.2) is 4.77 Å². The van der Waals surface area contributed by atoms with Crippen LogP contribution in [0.1, 0.15) is 31.2 Å². The van der Waals surface area contributed by atoms with Gasteiger partial charge in [0.05, 0.1) is 12.3 Å². The summed E-state index contributed by atoms with van der Waals surface area (Å²) < 4.78 is 2.52. The van der Waals surface area contributed by atoms with Crippen molar-refractivity contribution >= 4 is 24.0 Å². The molecule has 0 bridgehead atoms. The molecule has 8 heteroatoms. The molecule has 1 saturated heterocycles. The molecule has 150 valence electrons. The van der Waals surface area contributed by atoms with Gasteiger partial charge in [0, 0.05) is 32.6 Å². The molecule has 7 nitrogen and oxygen atoms in total. The highest BCUT2D eigenvalue weighted by molar-refractivity contribution is 7.71. The van der Waals surface area contributed by atoms with Crippen molar-refractivity contribution in [3.05, 3.63) is 46.5 Å². The Morgan fingerprint density at radius 2 is 2.11 bits per heavy atom. The number of aromatic nitrogens is 3. The monoisotopic (exact) mass is 401 g/mol. The summed E-state index contributed by atoms with van der Waals surface area (Å²) in [5.41, 5.74) is 1.00. The smallest absolute Gasteiger partial charge is 0.227 e. The minimum Gasteiger partial charge on any atom is -0.355 e. The number of carbonyl (C=O) groups excluding carboxylic acids is 2. The van der Waals surface area contributed by atoms with Crippen LogP contribution in [0.5, 0.6) is 0 Å². The van der Waals surface area contributed by atoms with Gasteiger partial charge in [-0.2, -0.15) is 5.10 Å². The summed E-state index contributed by atoms with van der Waals surface area (Å²) in [4.78, 5) is 27.0. The van der Waals surface area contributed by atoms with Gasteiger partial charge < -0.3 is 14.8 Å². The van der Waals surface area contributed by atoms with Crippen LogP contribution in [0, 0.1) is 10.7 Å². The van der Waals surface area contributed by atoms with Gasteiger partial charge in [-0.15, -0.1) is 0 Å². The highest BCUT2D eigenvalue weighted by Crippen LogP contribution is 2.18. The summed E-state index contributed by atoms with van der Waals surface area (Å²) in [6.45, 7) is 4.48. The topological polar surface area (TPSA) is 83.0 Å². The Morgan fingerprint density at radius 3 is 2.86 bits per heavy atom. The van der Waals surface area contributed by atoms with Crippen molar-refractivity contribution in [2.75, 3.05) is 19.6 Å². The molecule has 1 fully saturated rings. The van der Waals surface area contributed by atoms with Crippen LogP contribution < -0.4 is 5.32 Å². The first-order chi connectivity index (χ1) is 13.6. The van der Waals surface area contributed by atoms with E-state index in [1.807, 2.05) is 46.7 Å². The molecule has 1 atom stereocenters. The maximum absolute atomic E-state index is 12.6. The van der Waals surface area contributed by atoms with Crippen LogP contribution in [0.3, 0.4) is 0 Å². The molecule has 0 spiro atoms. The lowest BCUT2D eigenvalue weighted by Crippen LogP contribution is -2.46. The Morgan fingerprint density at radius 1 is 1.32 bits per heavy atom. The summed E-state index contributed by atoms with van der Waals surface area (Å²) in [5, 5.41) is 9.99. The minimum absolute atomic E-state index is 0.00870. The Hall–Kier alpha value is -2.48. The summed E-state index contributed by atoms with van der Waals surface area (Å²) in [6, 6.07) is 9.72. The molecule has 2 N–H and O–H groups in total. The second-order valence-corrected chi connectivity index (χ2v) is 7.46. The largest absolute Gasteiger partial charge is 0.355 e. The Kier molecular flexibility index (Phi) is 6.97. The molecule has 1 aromatic heterocycles. The van der Waals surface area contributed by atoms with Crippen LogP contribution in [0.15, 0.2) is 30.3 Å². The molecule has 1 unspecified atom stereocenters. The number of nitrogens with zero attached hydrogens (tertiary/aromatic N) is 3. The molecule has 2 amide bonds. The maximum atomic E-state index is 12.6. The summed E-state index contributed by atoms with van der Waals surface area (Å²) in [7, 11) is 0. The molecule has 1 aromatic carbocycles. The van der Waals surface area contributed by atoms with Crippen LogP contribution in [0.25, 0.3) is 0 Å². The molecule has 0 aliphatic carbocycles. The van der Waals surface area contributed by atoms with Crippen molar-refractivity contribution in [2.24, 2.45) is 5.92 Å². The fraction of sp³-hybridized carbons (Fsp3) is 0.500. The van der Waals surface area contributed by atoms with E-state index in [0.717, 1.165) is 37.3 Å². The van der Waals surface area contributed by atoms with Gasteiger partial charge >= 0.3 is 0 Å². The van der Waals surface area contributed by atoms with E-state index in [-0.39, 0.29) is 17.7 Å². The normalized spacial score (nSPS) is 16.8. The highest BCUT2D eigenvalue weighted by Gasteiger charge is 2.28. The van der Waals surface area contributed by atoms with E-state index in [2.05, 4.69) is 15.5 Å². The van der Waals surface area contributed by atoms with E-state index in [1.54, 1.807) is 0 Å². The second kappa shape index (κ2) is 9.64. The van der Waals surface area contributed by atoms with E-state index < -0.39 is 0 Å². The van der Waals surface area contributed by atoms with Crippen LogP contribution in [-0.2, 0) is 29.0 Å². The van der Waals surface area contributed by atoms with E-state index >= 15 is 0 Å². The van der Waals surface area contributed by atoms with Crippen LogP contribution >= 0.6 is 12.2 Å². The fourth-order valence-corrected chi connectivity index (χ4v) is 3.89. The third-order valence-electron chi connectivity index (χ3n) is 5.14. The molecule has 1 aliphatic heterocycles. The molecule has 2 aromatic rings. The number of amides is 2. The molecular weight excluding hydrogens is 374 g/mol. The van der Waals surface area contributed by atoms with E-state index in [1.165, 1.54) is 0 Å². The maximum Gasteiger partial charge on any atom is 0.227 e. The van der Waals surface area contributed by atoms with E-state index in [9.17, 15) is 9.59 Å². The predicted octanol–water partition coefficient (Wildman–Crippen LogP) is 2.10. The zero-order valence-corrected chi connectivity index (χ0v) is 17.0. The molecule has 3 rings (SSSR count). The third kappa shape index (κ3) is 5.07. The molecule has 2 heterocycles.